The van der Waals surface area contributed by atoms with Gasteiger partial charge < -0.3 is 10.1 Å². The normalized spacial score (nSPS) is 11.1. The number of non-ortho nitro benzene ring substituents is 1. The molecule has 4 rings (SSSR count). The molecule has 0 heterocycles. The molecule has 0 radical (unpaired) electrons. The van der Waals surface area contributed by atoms with Crippen LogP contribution >= 0.6 is 0 Å². The first-order chi connectivity index (χ1) is 17.3. The van der Waals surface area contributed by atoms with Crippen LogP contribution in [0.1, 0.15) is 22.3 Å². The SMILES string of the molecule is Cc1cc(C)cc(COc2ccc3ccccc3c2/C=C(\C#N)C(=O)Nc2cccc([N+](=O)[O-])c2)c1. The molecule has 7 nitrogen and oxygen atoms in total. The number of nitrogens with one attached hydrogen (secondary N) is 1. The number of hydrogen-bond acceptors (Lipinski definition) is 5. The number of benzene rings is 4. The van der Waals surface area contributed by atoms with E-state index in [9.17, 15) is 20.2 Å². The average molecular weight is 478 g/mol. The Hall–Kier alpha value is -4.96. The highest BCUT2D eigenvalue weighted by Gasteiger charge is 2.15. The molecule has 1 N–H and O–H groups in total. The summed E-state index contributed by atoms with van der Waals surface area (Å²) in [4.78, 5) is 23.4. The number of hydrogen-bond donors (Lipinski definition) is 1. The molecule has 0 atom stereocenters. The standard InChI is InChI=1S/C29H23N3O4/c1-19-12-20(2)14-21(13-19)18-36-28-11-10-22-6-3-4-9-26(22)27(28)15-23(17-30)29(33)31-24-7-5-8-25(16-24)32(34)35/h3-16H,18H2,1-2H3,(H,31,33)/b23-15+. The van der Waals surface area contributed by atoms with Crippen molar-refractivity contribution in [1.82, 2.24) is 0 Å². The van der Waals surface area contributed by atoms with E-state index in [1.807, 2.05) is 56.3 Å². The van der Waals surface area contributed by atoms with Crippen LogP contribution in [0.25, 0.3) is 16.8 Å². The van der Waals surface area contributed by atoms with E-state index in [4.69, 9.17) is 4.74 Å². The molecule has 1 amide bonds. The zero-order valence-corrected chi connectivity index (χ0v) is 19.8. The molecule has 36 heavy (non-hydrogen) atoms. The second-order valence-electron chi connectivity index (χ2n) is 8.41. The van der Waals surface area contributed by atoms with Crippen molar-refractivity contribution in [3.05, 3.63) is 117 Å². The fourth-order valence-electron chi connectivity index (χ4n) is 4.05. The molecular formula is C29H23N3O4. The van der Waals surface area contributed by atoms with E-state index in [1.54, 1.807) is 0 Å². The summed E-state index contributed by atoms with van der Waals surface area (Å²) in [6.07, 6.45) is 1.49. The van der Waals surface area contributed by atoms with Gasteiger partial charge in [0.1, 0.15) is 24.0 Å². The Kier molecular flexibility index (Phi) is 7.07. The lowest BCUT2D eigenvalue weighted by Crippen LogP contribution is -2.13. The zero-order valence-electron chi connectivity index (χ0n) is 19.8. The number of fused-ring (bicyclic) bond motifs is 1. The van der Waals surface area contributed by atoms with Crippen molar-refractivity contribution < 1.29 is 14.5 Å². The highest BCUT2D eigenvalue weighted by atomic mass is 16.6. The first-order valence-electron chi connectivity index (χ1n) is 11.2. The minimum Gasteiger partial charge on any atom is -0.488 e. The molecule has 0 aliphatic rings. The maximum Gasteiger partial charge on any atom is 0.271 e. The van der Waals surface area contributed by atoms with Crippen LogP contribution in [0.4, 0.5) is 11.4 Å². The Morgan fingerprint density at radius 2 is 1.78 bits per heavy atom. The lowest BCUT2D eigenvalue weighted by atomic mass is 10.0. The molecule has 7 heteroatoms. The second-order valence-corrected chi connectivity index (χ2v) is 8.41. The van der Waals surface area contributed by atoms with E-state index >= 15 is 0 Å². The molecule has 0 saturated carbocycles. The first-order valence-corrected chi connectivity index (χ1v) is 11.2. The topological polar surface area (TPSA) is 105 Å². The molecule has 0 unspecified atom stereocenters. The molecule has 0 aliphatic carbocycles. The van der Waals surface area contributed by atoms with E-state index in [0.717, 1.165) is 27.5 Å². The number of anilines is 1. The molecular weight excluding hydrogens is 454 g/mol. The van der Waals surface area contributed by atoms with Crippen LogP contribution in [-0.2, 0) is 11.4 Å². The van der Waals surface area contributed by atoms with E-state index in [-0.39, 0.29) is 16.9 Å². The lowest BCUT2D eigenvalue weighted by molar-refractivity contribution is -0.384. The molecule has 0 aromatic heterocycles. The van der Waals surface area contributed by atoms with Crippen LogP contribution in [0.15, 0.2) is 84.4 Å². The van der Waals surface area contributed by atoms with Gasteiger partial charge in [-0.2, -0.15) is 5.26 Å². The van der Waals surface area contributed by atoms with Crippen LogP contribution in [0, 0.1) is 35.3 Å². The van der Waals surface area contributed by atoms with Gasteiger partial charge in [0.15, 0.2) is 0 Å². The number of nitro benzene ring substituents is 1. The van der Waals surface area contributed by atoms with E-state index in [2.05, 4.69) is 23.5 Å². The van der Waals surface area contributed by atoms with Crippen LogP contribution < -0.4 is 10.1 Å². The van der Waals surface area contributed by atoms with Crippen LogP contribution in [-0.4, -0.2) is 10.8 Å². The minimum absolute atomic E-state index is 0.158. The van der Waals surface area contributed by atoms with E-state index in [0.29, 0.717) is 17.9 Å². The van der Waals surface area contributed by atoms with Gasteiger partial charge in [-0.3, -0.25) is 14.9 Å². The summed E-state index contributed by atoms with van der Waals surface area (Å²) in [7, 11) is 0. The van der Waals surface area contributed by atoms with E-state index < -0.39 is 10.8 Å². The summed E-state index contributed by atoms with van der Waals surface area (Å²) in [5, 5.41) is 25.2. The second kappa shape index (κ2) is 10.5. The third kappa shape index (κ3) is 5.57. The molecule has 0 spiro atoms. The summed E-state index contributed by atoms with van der Waals surface area (Å²) in [5.41, 5.74) is 3.79. The van der Waals surface area contributed by atoms with Crippen molar-refractivity contribution in [1.29, 1.82) is 5.26 Å². The fraction of sp³-hybridized carbons (Fsp3) is 0.103. The van der Waals surface area contributed by atoms with Gasteiger partial charge in [0.05, 0.1) is 4.92 Å². The number of ether oxygens (including phenoxy) is 1. The Bertz CT molecular complexity index is 1530. The summed E-state index contributed by atoms with van der Waals surface area (Å²) in [5.74, 6) is -0.144. The van der Waals surface area contributed by atoms with Crippen molar-refractivity contribution in [3.63, 3.8) is 0 Å². The molecule has 0 fully saturated rings. The van der Waals surface area contributed by atoms with Gasteiger partial charge in [-0.05, 0) is 48.4 Å². The van der Waals surface area contributed by atoms with Crippen molar-refractivity contribution in [2.45, 2.75) is 20.5 Å². The number of aryl methyl sites for hydroxylation is 2. The Morgan fingerprint density at radius 3 is 2.50 bits per heavy atom. The van der Waals surface area contributed by atoms with Crippen molar-refractivity contribution in [3.8, 4) is 11.8 Å². The van der Waals surface area contributed by atoms with Gasteiger partial charge in [-0.25, -0.2) is 0 Å². The number of nitrogens with zero attached hydrogens (tertiary/aromatic N) is 2. The number of carbonyl (C=O) groups is 1. The molecule has 178 valence electrons. The van der Waals surface area contributed by atoms with Gasteiger partial charge in [0.2, 0.25) is 0 Å². The Labute approximate surface area is 208 Å². The smallest absolute Gasteiger partial charge is 0.271 e. The van der Waals surface area contributed by atoms with Gasteiger partial charge in [-0.1, -0.05) is 65.7 Å². The highest BCUT2D eigenvalue weighted by Crippen LogP contribution is 2.31. The summed E-state index contributed by atoms with van der Waals surface area (Å²) >= 11 is 0. The molecule has 0 saturated heterocycles. The van der Waals surface area contributed by atoms with E-state index in [1.165, 1.54) is 30.3 Å². The Morgan fingerprint density at radius 1 is 1.03 bits per heavy atom. The summed E-state index contributed by atoms with van der Waals surface area (Å²) in [6, 6.07) is 25.1. The summed E-state index contributed by atoms with van der Waals surface area (Å²) in [6.45, 7) is 4.38. The lowest BCUT2D eigenvalue weighted by Gasteiger charge is -2.13. The third-order valence-corrected chi connectivity index (χ3v) is 5.58. The zero-order chi connectivity index (χ0) is 25.7. The predicted molar refractivity (Wildman–Crippen MR) is 140 cm³/mol. The monoisotopic (exact) mass is 477 g/mol. The van der Waals surface area contributed by atoms with Crippen LogP contribution in [0.2, 0.25) is 0 Å². The van der Waals surface area contributed by atoms with Crippen molar-refractivity contribution >= 4 is 34.1 Å². The maximum absolute atomic E-state index is 12.9. The molecule has 0 bridgehead atoms. The average Bonchev–Trinajstić information content (AvgIpc) is 2.85. The third-order valence-electron chi connectivity index (χ3n) is 5.58. The summed E-state index contributed by atoms with van der Waals surface area (Å²) < 4.78 is 6.17. The molecule has 0 aliphatic heterocycles. The van der Waals surface area contributed by atoms with Gasteiger partial charge in [0.25, 0.3) is 11.6 Å². The minimum atomic E-state index is -0.675. The Balaban J connectivity index is 1.69. The number of amides is 1. The van der Waals surface area contributed by atoms with Crippen LogP contribution in [0.5, 0.6) is 5.75 Å². The van der Waals surface area contributed by atoms with Gasteiger partial charge >= 0.3 is 0 Å². The quantitative estimate of drug-likeness (QED) is 0.142. The predicted octanol–water partition coefficient (Wildman–Crippen LogP) is 6.49. The van der Waals surface area contributed by atoms with Gasteiger partial charge in [-0.15, -0.1) is 0 Å². The first kappa shape index (κ1) is 24.2. The molecule has 4 aromatic carbocycles. The van der Waals surface area contributed by atoms with Crippen molar-refractivity contribution in [2.24, 2.45) is 0 Å². The fourth-order valence-corrected chi connectivity index (χ4v) is 4.05. The molecule has 4 aromatic rings. The number of nitro groups is 1. The maximum atomic E-state index is 12.9. The largest absolute Gasteiger partial charge is 0.488 e. The highest BCUT2D eigenvalue weighted by molar-refractivity contribution is 6.11. The van der Waals surface area contributed by atoms with Crippen molar-refractivity contribution in [2.75, 3.05) is 5.32 Å². The van der Waals surface area contributed by atoms with Crippen LogP contribution in [0.3, 0.4) is 0 Å². The number of carbonyl (C=O) groups excluding carboxylic acids is 1. The number of rotatable bonds is 7. The number of nitriles is 1. The van der Waals surface area contributed by atoms with Gasteiger partial charge in [0, 0.05) is 23.4 Å².